The van der Waals surface area contributed by atoms with Crippen LogP contribution in [0.3, 0.4) is 0 Å². The van der Waals surface area contributed by atoms with Crippen LogP contribution in [0.5, 0.6) is 0 Å². The number of hydrogen-bond donors (Lipinski definition) is 0. The fraction of sp³-hybridized carbons (Fsp3) is 0.571. The van der Waals surface area contributed by atoms with E-state index in [0.717, 1.165) is 0 Å². The lowest BCUT2D eigenvalue weighted by molar-refractivity contribution is -0.141. The van der Waals surface area contributed by atoms with Crippen LogP contribution in [0.15, 0.2) is 23.1 Å². The quantitative estimate of drug-likeness (QED) is 0.815. The number of benzene rings is 1. The molecule has 0 spiro atoms. The largest absolute Gasteiger partial charge is 0.402 e. The van der Waals surface area contributed by atoms with Crippen LogP contribution in [0.25, 0.3) is 0 Å². The first kappa shape index (κ1) is 18.5. The summed E-state index contributed by atoms with van der Waals surface area (Å²) in [6.07, 6.45) is -4.16. The van der Waals surface area contributed by atoms with Gasteiger partial charge in [-0.2, -0.15) is 17.5 Å². The van der Waals surface area contributed by atoms with Crippen LogP contribution in [0, 0.1) is 6.92 Å². The molecule has 23 heavy (non-hydrogen) atoms. The summed E-state index contributed by atoms with van der Waals surface area (Å²) in [4.78, 5) is -0.194. The predicted molar refractivity (Wildman–Crippen MR) is 80.0 cm³/mol. The Balaban J connectivity index is 2.45. The Hall–Kier alpha value is -0.830. The second-order valence-electron chi connectivity index (χ2n) is 5.42. The third-order valence-corrected chi connectivity index (χ3v) is 5.95. The second kappa shape index (κ2) is 6.96. The third kappa shape index (κ3) is 4.59. The van der Waals surface area contributed by atoms with Crippen LogP contribution in [0.4, 0.5) is 13.2 Å². The van der Waals surface area contributed by atoms with Gasteiger partial charge in [-0.1, -0.05) is 17.7 Å². The van der Waals surface area contributed by atoms with E-state index in [0.29, 0.717) is 9.87 Å². The van der Waals surface area contributed by atoms with Crippen LogP contribution >= 0.6 is 11.6 Å². The Bertz CT molecular complexity index is 658. The highest BCUT2D eigenvalue weighted by molar-refractivity contribution is 7.89. The summed E-state index contributed by atoms with van der Waals surface area (Å²) >= 11 is 5.82. The molecule has 2 rings (SSSR count). The maximum absolute atomic E-state index is 12.9. The molecular weight excluding hydrogens is 355 g/mol. The van der Waals surface area contributed by atoms with Crippen molar-refractivity contribution >= 4 is 21.6 Å². The Morgan fingerprint density at radius 1 is 1.30 bits per heavy atom. The number of sulfonamides is 1. The predicted octanol–water partition coefficient (Wildman–Crippen LogP) is 3.38. The minimum atomic E-state index is -4.63. The van der Waals surface area contributed by atoms with Crippen molar-refractivity contribution in [2.24, 2.45) is 0 Å². The lowest BCUT2D eigenvalue weighted by atomic mass is 10.1. The molecule has 0 atom stereocenters. The normalized spacial score (nSPS) is 17.7. The van der Waals surface area contributed by atoms with Crippen molar-refractivity contribution in [3.63, 3.8) is 0 Å². The van der Waals surface area contributed by atoms with Gasteiger partial charge in [0.15, 0.2) is 0 Å². The van der Waals surface area contributed by atoms with Crippen LogP contribution in [0.1, 0.15) is 18.4 Å². The highest BCUT2D eigenvalue weighted by Gasteiger charge is 2.41. The lowest BCUT2D eigenvalue weighted by Gasteiger charge is -2.34. The molecule has 0 aliphatic carbocycles. The molecule has 0 N–H and O–H groups in total. The smallest absolute Gasteiger partial charge is 0.381 e. The SMILES string of the molecule is Cc1ccc(Cl)cc1S(=O)(=O)N(CC(F)(F)F)C1CCOCC1. The first-order valence-corrected chi connectivity index (χ1v) is 8.85. The van der Waals surface area contributed by atoms with Gasteiger partial charge < -0.3 is 4.74 Å². The minimum absolute atomic E-state index is 0.160. The zero-order valence-electron chi connectivity index (χ0n) is 12.4. The van der Waals surface area contributed by atoms with Crippen molar-refractivity contribution in [3.8, 4) is 0 Å². The van der Waals surface area contributed by atoms with Crippen LogP contribution in [-0.2, 0) is 14.8 Å². The molecule has 0 amide bonds. The molecule has 0 bridgehead atoms. The zero-order chi connectivity index (χ0) is 17.3. The van der Waals surface area contributed by atoms with Gasteiger partial charge in [0.2, 0.25) is 10.0 Å². The number of rotatable bonds is 4. The third-order valence-electron chi connectivity index (χ3n) is 3.67. The summed E-state index contributed by atoms with van der Waals surface area (Å²) < 4.78 is 70.0. The van der Waals surface area contributed by atoms with E-state index in [2.05, 4.69) is 0 Å². The summed E-state index contributed by atoms with van der Waals surface area (Å²) in [5.41, 5.74) is 0.355. The van der Waals surface area contributed by atoms with Gasteiger partial charge in [0.25, 0.3) is 0 Å². The van der Waals surface area contributed by atoms with Crippen molar-refractivity contribution in [2.75, 3.05) is 19.8 Å². The van der Waals surface area contributed by atoms with E-state index in [1.54, 1.807) is 0 Å². The topological polar surface area (TPSA) is 46.6 Å². The molecule has 1 fully saturated rings. The molecule has 1 aromatic rings. The molecule has 0 radical (unpaired) electrons. The summed E-state index contributed by atoms with van der Waals surface area (Å²) in [5, 5.41) is 0.160. The van der Waals surface area contributed by atoms with Gasteiger partial charge in [-0.05, 0) is 37.5 Å². The minimum Gasteiger partial charge on any atom is -0.381 e. The molecule has 1 heterocycles. The fourth-order valence-corrected chi connectivity index (χ4v) is 4.70. The van der Waals surface area contributed by atoms with Gasteiger partial charge in [0.1, 0.15) is 6.54 Å². The van der Waals surface area contributed by atoms with E-state index in [-0.39, 0.29) is 36.0 Å². The summed E-state index contributed by atoms with van der Waals surface area (Å²) in [6.45, 7) is 0.483. The molecule has 9 heteroatoms. The Kier molecular flexibility index (Phi) is 5.60. The average molecular weight is 372 g/mol. The van der Waals surface area contributed by atoms with Gasteiger partial charge in [0, 0.05) is 24.3 Å². The molecule has 1 aromatic carbocycles. The van der Waals surface area contributed by atoms with Gasteiger partial charge in [-0.15, -0.1) is 0 Å². The number of ether oxygens (including phenoxy) is 1. The van der Waals surface area contributed by atoms with Crippen molar-refractivity contribution in [2.45, 2.75) is 36.9 Å². The Labute approximate surface area is 138 Å². The van der Waals surface area contributed by atoms with Crippen molar-refractivity contribution in [1.29, 1.82) is 0 Å². The van der Waals surface area contributed by atoms with Crippen LogP contribution in [-0.4, -0.2) is 44.7 Å². The van der Waals surface area contributed by atoms with E-state index < -0.39 is 28.8 Å². The van der Waals surface area contributed by atoms with Gasteiger partial charge in [0.05, 0.1) is 4.90 Å². The summed E-state index contributed by atoms with van der Waals surface area (Å²) in [5.74, 6) is 0. The maximum Gasteiger partial charge on any atom is 0.402 e. The highest BCUT2D eigenvalue weighted by atomic mass is 35.5. The molecule has 0 saturated carbocycles. The van der Waals surface area contributed by atoms with Crippen molar-refractivity contribution < 1.29 is 26.3 Å². The number of aryl methyl sites for hydroxylation is 1. The van der Waals surface area contributed by atoms with Gasteiger partial charge in [-0.3, -0.25) is 0 Å². The van der Waals surface area contributed by atoms with Crippen LogP contribution in [0.2, 0.25) is 5.02 Å². The summed E-state index contributed by atoms with van der Waals surface area (Å²) in [7, 11) is -4.31. The number of nitrogens with zero attached hydrogens (tertiary/aromatic N) is 1. The number of halogens is 4. The molecule has 0 unspecified atom stereocenters. The Morgan fingerprint density at radius 2 is 1.91 bits per heavy atom. The molecule has 1 aliphatic heterocycles. The highest BCUT2D eigenvalue weighted by Crippen LogP contribution is 2.30. The second-order valence-corrected chi connectivity index (χ2v) is 7.71. The van der Waals surface area contributed by atoms with Crippen molar-refractivity contribution in [3.05, 3.63) is 28.8 Å². The van der Waals surface area contributed by atoms with Crippen LogP contribution < -0.4 is 0 Å². The first-order chi connectivity index (χ1) is 10.6. The molecule has 0 aromatic heterocycles. The molecule has 1 aliphatic rings. The first-order valence-electron chi connectivity index (χ1n) is 7.04. The van der Waals surface area contributed by atoms with E-state index in [4.69, 9.17) is 16.3 Å². The van der Waals surface area contributed by atoms with Gasteiger partial charge >= 0.3 is 6.18 Å². The molecule has 130 valence electrons. The van der Waals surface area contributed by atoms with Crippen molar-refractivity contribution in [1.82, 2.24) is 4.31 Å². The monoisotopic (exact) mass is 371 g/mol. The zero-order valence-corrected chi connectivity index (χ0v) is 14.0. The van der Waals surface area contributed by atoms with E-state index in [1.807, 2.05) is 0 Å². The molecule has 1 saturated heterocycles. The number of hydrogen-bond acceptors (Lipinski definition) is 3. The van der Waals surface area contributed by atoms with Gasteiger partial charge in [-0.25, -0.2) is 8.42 Å². The van der Waals surface area contributed by atoms with E-state index >= 15 is 0 Å². The molecule has 4 nitrogen and oxygen atoms in total. The number of alkyl halides is 3. The Morgan fingerprint density at radius 3 is 2.48 bits per heavy atom. The van der Waals surface area contributed by atoms with E-state index in [9.17, 15) is 21.6 Å². The maximum atomic E-state index is 12.9. The van der Waals surface area contributed by atoms with E-state index in [1.165, 1.54) is 25.1 Å². The fourth-order valence-electron chi connectivity index (χ4n) is 2.54. The average Bonchev–Trinajstić information content (AvgIpc) is 2.47. The summed E-state index contributed by atoms with van der Waals surface area (Å²) in [6, 6.07) is 3.42. The lowest BCUT2D eigenvalue weighted by Crippen LogP contribution is -2.47. The standard InChI is InChI=1S/C14H17ClF3NO3S/c1-10-2-3-11(15)8-13(10)23(20,21)19(9-14(16,17)18)12-4-6-22-7-5-12/h2-3,8,12H,4-7,9H2,1H3. The molecular formula is C14H17ClF3NO3S.